The average molecular weight is 410 g/mol. The van der Waals surface area contributed by atoms with Gasteiger partial charge in [0, 0.05) is 17.3 Å². The highest BCUT2D eigenvalue weighted by Crippen LogP contribution is 2.28. The van der Waals surface area contributed by atoms with Gasteiger partial charge in [0.1, 0.15) is 5.82 Å². The van der Waals surface area contributed by atoms with Crippen molar-refractivity contribution >= 4 is 40.4 Å². The van der Waals surface area contributed by atoms with Crippen LogP contribution in [0.4, 0.5) is 24.9 Å². The summed E-state index contributed by atoms with van der Waals surface area (Å²) in [6.45, 7) is 0. The van der Waals surface area contributed by atoms with Crippen molar-refractivity contribution in [2.45, 2.75) is 11.1 Å². The second-order valence-electron chi connectivity index (χ2n) is 5.44. The van der Waals surface area contributed by atoms with Gasteiger partial charge in [0.25, 0.3) is 0 Å². The number of carboxylic acid groups (broad SMARTS) is 1. The third-order valence-electron chi connectivity index (χ3n) is 3.62. The fourth-order valence-electron chi connectivity index (χ4n) is 2.30. The molecule has 10 heteroatoms. The first-order valence-electron chi connectivity index (χ1n) is 7.85. The summed E-state index contributed by atoms with van der Waals surface area (Å²) in [4.78, 5) is 18.7. The first-order valence-corrected chi connectivity index (χ1v) is 9.07. The maximum absolute atomic E-state index is 10.6. The molecule has 0 spiro atoms. The second-order valence-corrected chi connectivity index (χ2v) is 6.32. The lowest BCUT2D eigenvalue weighted by molar-refractivity contribution is -0.192. The lowest BCUT2D eigenvalue weighted by Crippen LogP contribution is -2.21. The summed E-state index contributed by atoms with van der Waals surface area (Å²) in [7, 11) is 1.83. The van der Waals surface area contributed by atoms with Gasteiger partial charge in [0.15, 0.2) is 0 Å². The fraction of sp³-hybridized carbons (Fsp3) is 0.167. The summed E-state index contributed by atoms with van der Waals surface area (Å²) >= 11 is 1.74. The number of fused-ring (bicyclic) bond motifs is 1. The Labute approximate surface area is 163 Å². The van der Waals surface area contributed by atoms with Gasteiger partial charge in [-0.15, -0.1) is 11.8 Å². The molecule has 148 valence electrons. The lowest BCUT2D eigenvalue weighted by Gasteiger charge is -2.08. The van der Waals surface area contributed by atoms with Crippen LogP contribution in [0.1, 0.15) is 0 Å². The van der Waals surface area contributed by atoms with E-state index in [0.29, 0.717) is 0 Å². The van der Waals surface area contributed by atoms with Gasteiger partial charge in [-0.25, -0.2) is 9.78 Å². The molecule has 0 fully saturated rings. The molecule has 3 aromatic rings. The van der Waals surface area contributed by atoms with Crippen LogP contribution in [0.25, 0.3) is 22.0 Å². The minimum absolute atomic E-state index is 0.279. The van der Waals surface area contributed by atoms with Crippen LogP contribution in [0.2, 0.25) is 0 Å². The number of benzene rings is 2. The van der Waals surface area contributed by atoms with Crippen LogP contribution in [0.5, 0.6) is 0 Å². The highest BCUT2D eigenvalue weighted by Gasteiger charge is 2.38. The number of anilines is 2. The van der Waals surface area contributed by atoms with E-state index in [1.807, 2.05) is 19.2 Å². The molecule has 0 unspecified atom stereocenters. The average Bonchev–Trinajstić information content (AvgIpc) is 2.66. The van der Waals surface area contributed by atoms with Gasteiger partial charge in [-0.05, 0) is 41.6 Å². The number of aromatic nitrogens is 2. The number of carboxylic acids is 1. The molecular weight excluding hydrogens is 393 g/mol. The van der Waals surface area contributed by atoms with E-state index in [1.165, 1.54) is 4.90 Å². The normalized spacial score (nSPS) is 10.9. The van der Waals surface area contributed by atoms with Gasteiger partial charge >= 0.3 is 12.1 Å². The first-order chi connectivity index (χ1) is 13.2. The number of nitrogens with two attached hydrogens (primary N) is 1. The van der Waals surface area contributed by atoms with Gasteiger partial charge in [0.05, 0.1) is 5.52 Å². The summed E-state index contributed by atoms with van der Waals surface area (Å²) < 4.78 is 31.7. The topological polar surface area (TPSA) is 101 Å². The summed E-state index contributed by atoms with van der Waals surface area (Å²) in [6, 6.07) is 14.6. The van der Waals surface area contributed by atoms with Crippen LogP contribution >= 0.6 is 11.8 Å². The van der Waals surface area contributed by atoms with Gasteiger partial charge < -0.3 is 16.2 Å². The van der Waals surface area contributed by atoms with Crippen molar-refractivity contribution in [3.05, 3.63) is 42.5 Å². The summed E-state index contributed by atoms with van der Waals surface area (Å²) in [5.41, 5.74) is 8.89. The third-order valence-corrected chi connectivity index (χ3v) is 4.36. The monoisotopic (exact) mass is 410 g/mol. The molecule has 0 aliphatic heterocycles. The van der Waals surface area contributed by atoms with E-state index in [4.69, 9.17) is 15.6 Å². The van der Waals surface area contributed by atoms with Crippen molar-refractivity contribution in [3.63, 3.8) is 0 Å². The molecule has 28 heavy (non-hydrogen) atoms. The summed E-state index contributed by atoms with van der Waals surface area (Å²) in [6.07, 6.45) is -3.01. The summed E-state index contributed by atoms with van der Waals surface area (Å²) in [5.74, 6) is -1.73. The molecule has 0 bridgehead atoms. The van der Waals surface area contributed by atoms with Crippen molar-refractivity contribution in [1.82, 2.24) is 9.97 Å². The molecule has 4 N–H and O–H groups in total. The second kappa shape index (κ2) is 8.79. The van der Waals surface area contributed by atoms with E-state index in [-0.39, 0.29) is 5.95 Å². The van der Waals surface area contributed by atoms with Crippen LogP contribution in [0, 0.1) is 0 Å². The van der Waals surface area contributed by atoms with Crippen molar-refractivity contribution in [2.75, 3.05) is 24.4 Å². The molecule has 2 aromatic carbocycles. The first kappa shape index (κ1) is 21.3. The minimum Gasteiger partial charge on any atom is -0.475 e. The van der Waals surface area contributed by atoms with E-state index in [2.05, 4.69) is 51.9 Å². The standard InChI is InChI=1S/C16H16N4S.C2HF3O2/c1-18-15-13-8-5-11(9-14(13)19-16(17)20-15)10-3-6-12(21-2)7-4-10;3-2(4,5)1(6)7/h3-9H,1-2H3,(H3,17,18,19,20);(H,6,7). The molecule has 0 aliphatic rings. The Morgan fingerprint density at radius 1 is 1.11 bits per heavy atom. The fourth-order valence-corrected chi connectivity index (χ4v) is 2.71. The largest absolute Gasteiger partial charge is 0.490 e. The molecule has 6 nitrogen and oxygen atoms in total. The zero-order valence-electron chi connectivity index (χ0n) is 14.9. The zero-order valence-corrected chi connectivity index (χ0v) is 15.7. The predicted octanol–water partition coefficient (Wildman–Crippen LogP) is 4.28. The Kier molecular flexibility index (Phi) is 6.68. The molecule has 3 rings (SSSR count). The molecule has 1 aromatic heterocycles. The number of nitrogens with one attached hydrogen (secondary N) is 1. The molecular formula is C18H17F3N4O2S. The molecule has 1 heterocycles. The van der Waals surface area contributed by atoms with Crippen molar-refractivity contribution < 1.29 is 23.1 Å². The van der Waals surface area contributed by atoms with Crippen molar-refractivity contribution in [3.8, 4) is 11.1 Å². The smallest absolute Gasteiger partial charge is 0.475 e. The number of hydrogen-bond acceptors (Lipinski definition) is 6. The van der Waals surface area contributed by atoms with E-state index >= 15 is 0 Å². The molecule has 0 aliphatic carbocycles. The van der Waals surface area contributed by atoms with Crippen LogP contribution in [0.15, 0.2) is 47.4 Å². The number of alkyl halides is 3. The Morgan fingerprint density at radius 2 is 1.68 bits per heavy atom. The number of hydrogen-bond donors (Lipinski definition) is 3. The number of rotatable bonds is 3. The van der Waals surface area contributed by atoms with Crippen molar-refractivity contribution in [1.29, 1.82) is 0 Å². The molecule has 0 amide bonds. The number of nitrogen functional groups attached to an aromatic ring is 1. The van der Waals surface area contributed by atoms with Gasteiger partial charge in [-0.1, -0.05) is 18.2 Å². The Morgan fingerprint density at radius 3 is 2.18 bits per heavy atom. The van der Waals surface area contributed by atoms with Gasteiger partial charge in [-0.2, -0.15) is 18.2 Å². The van der Waals surface area contributed by atoms with E-state index < -0.39 is 12.1 Å². The SMILES string of the molecule is CNc1nc(N)nc2cc(-c3ccc(SC)cc3)ccc12.O=C(O)C(F)(F)F. The number of aliphatic carboxylic acids is 1. The number of carbonyl (C=O) groups is 1. The summed E-state index contributed by atoms with van der Waals surface area (Å²) in [5, 5.41) is 11.1. The maximum Gasteiger partial charge on any atom is 0.490 e. The molecule has 0 radical (unpaired) electrons. The van der Waals surface area contributed by atoms with E-state index in [0.717, 1.165) is 27.8 Å². The number of nitrogens with zero attached hydrogens (tertiary/aromatic N) is 2. The Hall–Kier alpha value is -3.01. The maximum atomic E-state index is 10.6. The van der Waals surface area contributed by atoms with Crippen LogP contribution < -0.4 is 11.1 Å². The Balaban J connectivity index is 0.000000345. The quantitative estimate of drug-likeness (QED) is 0.554. The van der Waals surface area contributed by atoms with Crippen molar-refractivity contribution in [2.24, 2.45) is 0 Å². The molecule has 0 atom stereocenters. The lowest BCUT2D eigenvalue weighted by atomic mass is 10.0. The van der Waals surface area contributed by atoms with Crippen LogP contribution in [0.3, 0.4) is 0 Å². The predicted molar refractivity (Wildman–Crippen MR) is 104 cm³/mol. The minimum atomic E-state index is -5.08. The third kappa shape index (κ3) is 5.26. The number of thioether (sulfide) groups is 1. The molecule has 0 saturated carbocycles. The van der Waals surface area contributed by atoms with E-state index in [9.17, 15) is 13.2 Å². The highest BCUT2D eigenvalue weighted by molar-refractivity contribution is 7.98. The van der Waals surface area contributed by atoms with Crippen LogP contribution in [-0.4, -0.2) is 40.5 Å². The van der Waals surface area contributed by atoms with Gasteiger partial charge in [-0.3, -0.25) is 0 Å². The van der Waals surface area contributed by atoms with Crippen LogP contribution in [-0.2, 0) is 4.79 Å². The highest BCUT2D eigenvalue weighted by atomic mass is 32.2. The molecule has 0 saturated heterocycles. The Bertz CT molecular complexity index is 979. The van der Waals surface area contributed by atoms with Gasteiger partial charge in [0.2, 0.25) is 5.95 Å². The zero-order chi connectivity index (χ0) is 20.9. The van der Waals surface area contributed by atoms with E-state index in [1.54, 1.807) is 11.8 Å². The number of halogens is 3.